The number of fused-ring (bicyclic) bond motifs is 1. The average molecular weight is 462 g/mol. The molecule has 4 aromatic rings. The second kappa shape index (κ2) is 9.45. The number of anilines is 1. The lowest BCUT2D eigenvalue weighted by atomic mass is 10.1. The van der Waals surface area contributed by atoms with Crippen LogP contribution >= 0.6 is 11.3 Å². The Labute approximate surface area is 194 Å². The van der Waals surface area contributed by atoms with Crippen molar-refractivity contribution in [1.29, 1.82) is 0 Å². The van der Waals surface area contributed by atoms with Crippen molar-refractivity contribution < 1.29 is 9.90 Å². The molecule has 1 aliphatic heterocycles. The van der Waals surface area contributed by atoms with Gasteiger partial charge in [-0.1, -0.05) is 6.07 Å². The second-order valence-corrected chi connectivity index (χ2v) is 8.72. The van der Waals surface area contributed by atoms with Crippen molar-refractivity contribution in [2.24, 2.45) is 0 Å². The van der Waals surface area contributed by atoms with Crippen molar-refractivity contribution in [3.05, 3.63) is 53.3 Å². The fraction of sp³-hybridized carbons (Fsp3) is 0.304. The zero-order chi connectivity index (χ0) is 22.6. The van der Waals surface area contributed by atoms with Gasteiger partial charge in [0.05, 0.1) is 10.9 Å². The van der Waals surface area contributed by atoms with Gasteiger partial charge in [-0.2, -0.15) is 0 Å². The van der Waals surface area contributed by atoms with E-state index in [-0.39, 0.29) is 11.9 Å². The molecule has 0 spiro atoms. The van der Waals surface area contributed by atoms with Gasteiger partial charge in [-0.15, -0.1) is 11.3 Å². The number of aromatic hydroxyl groups is 1. The summed E-state index contributed by atoms with van der Waals surface area (Å²) in [6.45, 7) is 2.24. The Hall–Kier alpha value is -3.66. The normalized spacial score (nSPS) is 13.9. The highest BCUT2D eigenvalue weighted by Gasteiger charge is 2.24. The zero-order valence-electron chi connectivity index (χ0n) is 17.9. The summed E-state index contributed by atoms with van der Waals surface area (Å²) < 4.78 is 0. The van der Waals surface area contributed by atoms with Crippen LogP contribution in [0.2, 0.25) is 0 Å². The molecule has 168 valence electrons. The van der Waals surface area contributed by atoms with E-state index in [1.165, 1.54) is 17.8 Å². The summed E-state index contributed by atoms with van der Waals surface area (Å²) in [5.41, 5.74) is 2.14. The first-order chi connectivity index (χ1) is 16.2. The molecule has 0 radical (unpaired) electrons. The van der Waals surface area contributed by atoms with Crippen LogP contribution in [0.3, 0.4) is 0 Å². The Kier molecular flexibility index (Phi) is 6.07. The molecule has 0 atom stereocenters. The zero-order valence-corrected chi connectivity index (χ0v) is 18.8. The molecular formula is C23H23N7O2S. The molecular weight excluding hydrogens is 438 g/mol. The molecule has 0 aromatic carbocycles. The van der Waals surface area contributed by atoms with E-state index in [1.807, 2.05) is 23.6 Å². The Morgan fingerprint density at radius 1 is 1.09 bits per heavy atom. The minimum atomic E-state index is -0.261. The summed E-state index contributed by atoms with van der Waals surface area (Å²) in [6.07, 6.45) is 8.81. The number of rotatable bonds is 6. The third-order valence-electron chi connectivity index (χ3n) is 5.60. The van der Waals surface area contributed by atoms with E-state index in [0.717, 1.165) is 47.5 Å². The average Bonchev–Trinajstić information content (AvgIpc) is 3.30. The first-order valence-electron chi connectivity index (χ1n) is 10.9. The van der Waals surface area contributed by atoms with E-state index < -0.39 is 0 Å². The van der Waals surface area contributed by atoms with Gasteiger partial charge in [-0.05, 0) is 43.4 Å². The van der Waals surface area contributed by atoms with Crippen molar-refractivity contribution in [2.45, 2.75) is 25.7 Å². The number of nitrogens with one attached hydrogen (secondary N) is 1. The quantitative estimate of drug-likeness (QED) is 0.450. The van der Waals surface area contributed by atoms with E-state index in [2.05, 4.69) is 25.2 Å². The van der Waals surface area contributed by atoms with Gasteiger partial charge in [0.2, 0.25) is 0 Å². The molecule has 0 unspecified atom stereocenters. The standard InChI is InChI=1S/C23H23N7O2S/c31-21(25-9-7-15-12-26-23(32)27-13-15)16-14-33-22-18(16)20(30-10-4-1-5-11-30)28-19(29-22)17-6-2-3-8-24-17/h2-3,6,8,12-14H,1,4-5,7,9-11H2,(H,25,31)(H,26,27,32). The van der Waals surface area contributed by atoms with Crippen molar-refractivity contribution in [3.8, 4) is 17.5 Å². The molecule has 1 amide bonds. The van der Waals surface area contributed by atoms with Gasteiger partial charge >= 0.3 is 6.01 Å². The van der Waals surface area contributed by atoms with E-state index >= 15 is 0 Å². The van der Waals surface area contributed by atoms with Crippen LogP contribution in [0.5, 0.6) is 6.01 Å². The van der Waals surface area contributed by atoms with Crippen LogP contribution in [0.1, 0.15) is 35.2 Å². The predicted octanol–water partition coefficient (Wildman–Crippen LogP) is 3.21. The highest BCUT2D eigenvalue weighted by Crippen LogP contribution is 2.35. The maximum Gasteiger partial charge on any atom is 0.313 e. The van der Waals surface area contributed by atoms with Crippen LogP contribution in [0.25, 0.3) is 21.7 Å². The van der Waals surface area contributed by atoms with E-state index in [9.17, 15) is 9.90 Å². The lowest BCUT2D eigenvalue weighted by Crippen LogP contribution is -2.31. The number of thiophene rings is 1. The fourth-order valence-electron chi connectivity index (χ4n) is 3.93. The van der Waals surface area contributed by atoms with Crippen LogP contribution in [-0.4, -0.2) is 55.6 Å². The summed E-state index contributed by atoms with van der Waals surface area (Å²) >= 11 is 1.45. The summed E-state index contributed by atoms with van der Waals surface area (Å²) in [6, 6.07) is 5.42. The number of nitrogens with zero attached hydrogens (tertiary/aromatic N) is 6. The monoisotopic (exact) mass is 461 g/mol. The number of hydrogen-bond acceptors (Lipinski definition) is 9. The molecule has 1 aliphatic rings. The molecule has 10 heteroatoms. The van der Waals surface area contributed by atoms with Gasteiger partial charge < -0.3 is 15.3 Å². The summed E-state index contributed by atoms with van der Waals surface area (Å²) in [5, 5.41) is 14.8. The third kappa shape index (κ3) is 4.61. The van der Waals surface area contributed by atoms with E-state index in [1.54, 1.807) is 18.6 Å². The SMILES string of the molecule is O=C(NCCc1cnc(O)nc1)c1csc2nc(-c3ccccn3)nc(N3CCCCC3)c12. The Morgan fingerprint density at radius 2 is 1.91 bits per heavy atom. The second-order valence-electron chi connectivity index (χ2n) is 7.86. The van der Waals surface area contributed by atoms with Crippen LogP contribution in [0, 0.1) is 0 Å². The van der Waals surface area contributed by atoms with Gasteiger partial charge in [-0.3, -0.25) is 9.78 Å². The van der Waals surface area contributed by atoms with Crippen molar-refractivity contribution in [2.75, 3.05) is 24.5 Å². The van der Waals surface area contributed by atoms with Crippen LogP contribution in [-0.2, 0) is 6.42 Å². The van der Waals surface area contributed by atoms with E-state index in [4.69, 9.17) is 9.97 Å². The van der Waals surface area contributed by atoms with Crippen LogP contribution in [0.4, 0.5) is 5.82 Å². The number of carbonyl (C=O) groups is 1. The Bertz CT molecular complexity index is 1260. The Balaban J connectivity index is 1.45. The number of pyridine rings is 1. The Morgan fingerprint density at radius 3 is 2.67 bits per heavy atom. The number of hydrogen-bond donors (Lipinski definition) is 2. The third-order valence-corrected chi connectivity index (χ3v) is 6.47. The minimum Gasteiger partial charge on any atom is -0.479 e. The van der Waals surface area contributed by atoms with Gasteiger partial charge in [0.1, 0.15) is 16.3 Å². The molecule has 2 N–H and O–H groups in total. The topological polar surface area (TPSA) is 117 Å². The lowest BCUT2D eigenvalue weighted by Gasteiger charge is -2.28. The molecule has 5 rings (SSSR count). The van der Waals surface area contributed by atoms with Crippen LogP contribution in [0.15, 0.2) is 42.2 Å². The van der Waals surface area contributed by atoms with Crippen LogP contribution < -0.4 is 10.2 Å². The molecule has 0 bridgehead atoms. The van der Waals surface area contributed by atoms with Gasteiger partial charge in [0.15, 0.2) is 5.82 Å². The molecule has 9 nitrogen and oxygen atoms in total. The molecule has 1 fully saturated rings. The number of piperidine rings is 1. The van der Waals surface area contributed by atoms with Gasteiger partial charge in [0, 0.05) is 43.6 Å². The van der Waals surface area contributed by atoms with Crippen molar-refractivity contribution >= 4 is 33.3 Å². The highest BCUT2D eigenvalue weighted by molar-refractivity contribution is 7.17. The molecule has 1 saturated heterocycles. The number of amides is 1. The molecule has 33 heavy (non-hydrogen) atoms. The lowest BCUT2D eigenvalue weighted by molar-refractivity contribution is 0.0956. The number of carbonyl (C=O) groups excluding carboxylic acids is 1. The highest BCUT2D eigenvalue weighted by atomic mass is 32.1. The minimum absolute atomic E-state index is 0.159. The maximum absolute atomic E-state index is 13.1. The molecule has 4 aromatic heterocycles. The first-order valence-corrected chi connectivity index (χ1v) is 11.8. The number of aromatic nitrogens is 5. The fourth-order valence-corrected chi connectivity index (χ4v) is 4.84. The molecule has 0 saturated carbocycles. The van der Waals surface area contributed by atoms with Crippen molar-refractivity contribution in [3.63, 3.8) is 0 Å². The molecule has 5 heterocycles. The first kappa shape index (κ1) is 21.2. The van der Waals surface area contributed by atoms with Crippen molar-refractivity contribution in [1.82, 2.24) is 30.2 Å². The largest absolute Gasteiger partial charge is 0.479 e. The van der Waals surface area contributed by atoms with Gasteiger partial charge in [-0.25, -0.2) is 19.9 Å². The smallest absolute Gasteiger partial charge is 0.313 e. The summed E-state index contributed by atoms with van der Waals surface area (Å²) in [4.78, 5) is 37.7. The van der Waals surface area contributed by atoms with E-state index in [0.29, 0.717) is 30.0 Å². The molecule has 0 aliphatic carbocycles. The predicted molar refractivity (Wildman–Crippen MR) is 126 cm³/mol. The summed E-state index contributed by atoms with van der Waals surface area (Å²) in [7, 11) is 0. The maximum atomic E-state index is 13.1. The summed E-state index contributed by atoms with van der Waals surface area (Å²) in [5.74, 6) is 1.22. The van der Waals surface area contributed by atoms with Gasteiger partial charge in [0.25, 0.3) is 5.91 Å².